The maximum atomic E-state index is 11.1. The first-order valence-corrected chi connectivity index (χ1v) is 5.04. The molecule has 1 nitrogen and oxygen atoms in total. The van der Waals surface area contributed by atoms with Crippen molar-refractivity contribution in [2.75, 3.05) is 0 Å². The average molecular weight is 168 g/mol. The van der Waals surface area contributed by atoms with E-state index >= 15 is 0 Å². The monoisotopic (exact) mass is 168 g/mol. The third kappa shape index (κ3) is 3.70. The molecule has 0 saturated carbocycles. The highest BCUT2D eigenvalue weighted by atomic mass is 16.1. The van der Waals surface area contributed by atoms with E-state index in [2.05, 4.69) is 12.2 Å². The summed E-state index contributed by atoms with van der Waals surface area (Å²) in [4.78, 5) is 11.1. The van der Waals surface area contributed by atoms with Gasteiger partial charge in [0.2, 0.25) is 0 Å². The molecule has 0 aromatic rings. The van der Waals surface area contributed by atoms with Crippen molar-refractivity contribution in [2.24, 2.45) is 5.92 Å². The molecule has 1 atom stereocenters. The maximum Gasteiger partial charge on any atom is 0.139 e. The maximum absolute atomic E-state index is 11.1. The number of allylic oxidation sites excluding steroid dienone is 2. The lowest BCUT2D eigenvalue weighted by Crippen LogP contribution is -2.12. The van der Waals surface area contributed by atoms with Crippen molar-refractivity contribution in [1.29, 1.82) is 0 Å². The number of ketones is 1. The first-order valence-electron chi connectivity index (χ1n) is 5.04. The van der Waals surface area contributed by atoms with E-state index in [0.717, 1.165) is 12.8 Å². The second kappa shape index (κ2) is 7.08. The first-order chi connectivity index (χ1) is 5.84. The fourth-order valence-electron chi connectivity index (χ4n) is 1.34. The molecule has 0 amide bonds. The lowest BCUT2D eigenvalue weighted by Gasteiger charge is -2.13. The molecule has 0 radical (unpaired) electrons. The fourth-order valence-corrected chi connectivity index (χ4v) is 1.34. The zero-order chi connectivity index (χ0) is 9.40. The molecular formula is C11H20O. The van der Waals surface area contributed by atoms with Crippen LogP contribution in [0.25, 0.3) is 0 Å². The smallest absolute Gasteiger partial charge is 0.139 e. The highest BCUT2D eigenvalue weighted by Crippen LogP contribution is 2.18. The minimum atomic E-state index is 0.249. The second-order valence-corrected chi connectivity index (χ2v) is 2.79. The molecule has 1 heteroatoms. The number of carbonyl (C=O) groups is 1. The minimum Gasteiger partial charge on any atom is -0.299 e. The molecule has 0 aromatic carbocycles. The Morgan fingerprint density at radius 3 is 2.58 bits per heavy atom. The van der Waals surface area contributed by atoms with Gasteiger partial charge in [0, 0.05) is 12.3 Å². The van der Waals surface area contributed by atoms with E-state index in [4.69, 9.17) is 0 Å². The summed E-state index contributed by atoms with van der Waals surface area (Å²) in [6.07, 6.45) is 8.30. The van der Waals surface area contributed by atoms with Gasteiger partial charge in [-0.15, -0.1) is 0 Å². The van der Waals surface area contributed by atoms with Gasteiger partial charge >= 0.3 is 0 Å². The molecule has 0 aliphatic heterocycles. The molecule has 12 heavy (non-hydrogen) atoms. The molecule has 0 spiro atoms. The Morgan fingerprint density at radius 1 is 1.50 bits per heavy atom. The molecule has 1 unspecified atom stereocenters. The van der Waals surface area contributed by atoms with E-state index in [1.54, 1.807) is 0 Å². The van der Waals surface area contributed by atoms with Gasteiger partial charge in [0.1, 0.15) is 5.78 Å². The molecule has 70 valence electrons. The molecule has 0 heterocycles. The molecular weight excluding hydrogens is 148 g/mol. The Balaban J connectivity index is 0.000000561. The van der Waals surface area contributed by atoms with Crippen LogP contribution in [0.1, 0.15) is 46.5 Å². The predicted octanol–water partition coefficient (Wildman–Crippen LogP) is 3.35. The summed E-state index contributed by atoms with van der Waals surface area (Å²) in [6.45, 7) is 5.94. The van der Waals surface area contributed by atoms with Crippen LogP contribution < -0.4 is 0 Å². The van der Waals surface area contributed by atoms with Crippen LogP contribution in [0.15, 0.2) is 12.2 Å². The van der Waals surface area contributed by atoms with E-state index in [1.807, 2.05) is 20.8 Å². The van der Waals surface area contributed by atoms with Crippen LogP contribution in [0.3, 0.4) is 0 Å². The van der Waals surface area contributed by atoms with Gasteiger partial charge < -0.3 is 0 Å². The molecule has 0 fully saturated rings. The molecule has 0 aromatic heterocycles. The number of rotatable bonds is 2. The largest absolute Gasteiger partial charge is 0.299 e. The number of Topliss-reactive ketones (excluding diaryl/α,β-unsaturated/α-hetero) is 1. The third-order valence-corrected chi connectivity index (χ3v) is 2.02. The molecule has 0 bridgehead atoms. The average Bonchev–Trinajstić information content (AvgIpc) is 2.21. The van der Waals surface area contributed by atoms with Gasteiger partial charge in [-0.3, -0.25) is 4.79 Å². The number of hydrogen-bond donors (Lipinski definition) is 0. The van der Waals surface area contributed by atoms with Crippen LogP contribution in [-0.4, -0.2) is 5.78 Å². The van der Waals surface area contributed by atoms with Gasteiger partial charge in [-0.05, 0) is 19.3 Å². The van der Waals surface area contributed by atoms with Crippen LogP contribution in [-0.2, 0) is 4.79 Å². The third-order valence-electron chi connectivity index (χ3n) is 2.02. The highest BCUT2D eigenvalue weighted by Gasteiger charge is 2.14. The summed E-state index contributed by atoms with van der Waals surface area (Å²) in [6, 6.07) is 0. The standard InChI is InChI=1S/C9H14O.C2H6/c1-2-9(10)8-6-4-3-5-7-8;1-2/h4,6,8H,2-3,5,7H2,1H3;1-2H3. The summed E-state index contributed by atoms with van der Waals surface area (Å²) in [5, 5.41) is 0. The van der Waals surface area contributed by atoms with Crippen molar-refractivity contribution < 1.29 is 4.79 Å². The minimum absolute atomic E-state index is 0.249. The number of hydrogen-bond acceptors (Lipinski definition) is 1. The van der Waals surface area contributed by atoms with Crippen molar-refractivity contribution >= 4 is 5.78 Å². The first kappa shape index (κ1) is 11.4. The van der Waals surface area contributed by atoms with Crippen molar-refractivity contribution in [1.82, 2.24) is 0 Å². The fraction of sp³-hybridized carbons (Fsp3) is 0.727. The molecule has 1 rings (SSSR count). The summed E-state index contributed by atoms with van der Waals surface area (Å²) in [5.74, 6) is 0.648. The quantitative estimate of drug-likeness (QED) is 0.578. The van der Waals surface area contributed by atoms with Crippen molar-refractivity contribution in [3.05, 3.63) is 12.2 Å². The van der Waals surface area contributed by atoms with Gasteiger partial charge in [-0.2, -0.15) is 0 Å². The molecule has 1 aliphatic carbocycles. The molecule has 0 saturated heterocycles. The van der Waals surface area contributed by atoms with Crippen LogP contribution >= 0.6 is 0 Å². The lowest BCUT2D eigenvalue weighted by molar-refractivity contribution is -0.121. The summed E-state index contributed by atoms with van der Waals surface area (Å²) in [5.41, 5.74) is 0. The van der Waals surface area contributed by atoms with Gasteiger partial charge in [0.05, 0.1) is 0 Å². The van der Waals surface area contributed by atoms with Gasteiger partial charge in [0.15, 0.2) is 0 Å². The van der Waals surface area contributed by atoms with E-state index in [-0.39, 0.29) is 5.92 Å². The predicted molar refractivity (Wildman–Crippen MR) is 53.1 cm³/mol. The van der Waals surface area contributed by atoms with Crippen molar-refractivity contribution in [3.63, 3.8) is 0 Å². The summed E-state index contributed by atoms with van der Waals surface area (Å²) >= 11 is 0. The van der Waals surface area contributed by atoms with Gasteiger partial charge in [-0.25, -0.2) is 0 Å². The normalized spacial score (nSPS) is 21.1. The summed E-state index contributed by atoms with van der Waals surface area (Å²) in [7, 11) is 0. The van der Waals surface area contributed by atoms with Gasteiger partial charge in [-0.1, -0.05) is 32.9 Å². The Morgan fingerprint density at radius 2 is 2.17 bits per heavy atom. The SMILES string of the molecule is CC.CCC(=O)C1C=CCCC1. The summed E-state index contributed by atoms with van der Waals surface area (Å²) < 4.78 is 0. The van der Waals surface area contributed by atoms with E-state index in [0.29, 0.717) is 12.2 Å². The van der Waals surface area contributed by atoms with Crippen LogP contribution in [0.4, 0.5) is 0 Å². The Hall–Kier alpha value is -0.590. The zero-order valence-electron chi connectivity index (χ0n) is 8.47. The lowest BCUT2D eigenvalue weighted by atomic mass is 9.91. The van der Waals surface area contributed by atoms with Crippen LogP contribution in [0.5, 0.6) is 0 Å². The van der Waals surface area contributed by atoms with E-state index in [1.165, 1.54) is 6.42 Å². The highest BCUT2D eigenvalue weighted by molar-refractivity contribution is 5.82. The van der Waals surface area contributed by atoms with Crippen LogP contribution in [0.2, 0.25) is 0 Å². The Labute approximate surface area is 75.9 Å². The van der Waals surface area contributed by atoms with Crippen molar-refractivity contribution in [3.8, 4) is 0 Å². The molecule has 1 aliphatic rings. The van der Waals surface area contributed by atoms with Crippen molar-refractivity contribution in [2.45, 2.75) is 46.5 Å². The second-order valence-electron chi connectivity index (χ2n) is 2.79. The van der Waals surface area contributed by atoms with E-state index in [9.17, 15) is 4.79 Å². The topological polar surface area (TPSA) is 17.1 Å². The Kier molecular flexibility index (Phi) is 6.73. The van der Waals surface area contributed by atoms with E-state index < -0.39 is 0 Å². The molecule has 0 N–H and O–H groups in total. The van der Waals surface area contributed by atoms with Crippen LogP contribution in [0, 0.1) is 5.92 Å². The number of carbonyl (C=O) groups excluding carboxylic acids is 1. The Bertz CT molecular complexity index is 147. The van der Waals surface area contributed by atoms with Gasteiger partial charge in [0.25, 0.3) is 0 Å². The zero-order valence-corrected chi connectivity index (χ0v) is 8.47.